The van der Waals surface area contributed by atoms with Crippen molar-refractivity contribution in [2.75, 3.05) is 0 Å². The van der Waals surface area contributed by atoms with Gasteiger partial charge >= 0.3 is 5.97 Å². The lowest BCUT2D eigenvalue weighted by atomic mass is 10.1. The number of aryl methyl sites for hydroxylation is 3. The molecule has 0 aliphatic rings. The summed E-state index contributed by atoms with van der Waals surface area (Å²) in [5.74, 6) is -1.25. The fourth-order valence-electron chi connectivity index (χ4n) is 2.71. The van der Waals surface area contributed by atoms with E-state index in [-0.39, 0.29) is 4.90 Å². The van der Waals surface area contributed by atoms with Crippen LogP contribution < -0.4 is 4.72 Å². The smallest absolute Gasteiger partial charge is 0.326 e. The van der Waals surface area contributed by atoms with Crippen molar-refractivity contribution in [3.05, 3.63) is 64.7 Å². The first-order chi connectivity index (χ1) is 10.7. The predicted octanol–water partition coefficient (Wildman–Crippen LogP) is 2.72. The zero-order chi connectivity index (χ0) is 17.2. The molecule has 5 nitrogen and oxygen atoms in total. The SMILES string of the molecule is Cc1cc(C)c(S(=O)(=O)N[C@@H](C(=O)O)c2ccccc2)c(C)c1. The molecule has 122 valence electrons. The number of carboxylic acid groups (broad SMARTS) is 1. The molecule has 1 atom stereocenters. The number of nitrogens with one attached hydrogen (secondary N) is 1. The van der Waals surface area contributed by atoms with E-state index in [0.29, 0.717) is 16.7 Å². The number of rotatable bonds is 5. The topological polar surface area (TPSA) is 83.5 Å². The van der Waals surface area contributed by atoms with Crippen molar-refractivity contribution < 1.29 is 18.3 Å². The highest BCUT2D eigenvalue weighted by atomic mass is 32.2. The minimum atomic E-state index is -3.96. The Balaban J connectivity index is 2.46. The van der Waals surface area contributed by atoms with Crippen LogP contribution in [0.25, 0.3) is 0 Å². The van der Waals surface area contributed by atoms with Crippen LogP contribution in [0.5, 0.6) is 0 Å². The van der Waals surface area contributed by atoms with E-state index >= 15 is 0 Å². The Morgan fingerprint density at radius 1 is 1.04 bits per heavy atom. The van der Waals surface area contributed by atoms with Gasteiger partial charge in [0.2, 0.25) is 10.0 Å². The van der Waals surface area contributed by atoms with E-state index in [1.807, 2.05) is 6.92 Å². The standard InChI is InChI=1S/C17H19NO4S/c1-11-9-12(2)16(13(3)10-11)23(21,22)18-15(17(19)20)14-7-5-4-6-8-14/h4-10,15,18H,1-3H3,(H,19,20)/t15-/m1/s1. The Morgan fingerprint density at radius 2 is 1.57 bits per heavy atom. The maximum Gasteiger partial charge on any atom is 0.326 e. The van der Waals surface area contributed by atoms with Crippen molar-refractivity contribution in [3.63, 3.8) is 0 Å². The van der Waals surface area contributed by atoms with Gasteiger partial charge in [0.1, 0.15) is 6.04 Å². The molecule has 0 heterocycles. The lowest BCUT2D eigenvalue weighted by Crippen LogP contribution is -2.34. The molecule has 2 N–H and O–H groups in total. The Hall–Kier alpha value is -2.18. The molecular formula is C17H19NO4S. The van der Waals surface area contributed by atoms with E-state index in [1.165, 1.54) is 0 Å². The first-order valence-electron chi connectivity index (χ1n) is 7.10. The Bertz CT molecular complexity index is 806. The van der Waals surface area contributed by atoms with Crippen LogP contribution in [0.3, 0.4) is 0 Å². The van der Waals surface area contributed by atoms with Crippen molar-refractivity contribution in [2.45, 2.75) is 31.7 Å². The minimum Gasteiger partial charge on any atom is -0.480 e. The normalized spacial score (nSPS) is 12.8. The molecule has 0 spiro atoms. The third-order valence-corrected chi connectivity index (χ3v) is 5.25. The van der Waals surface area contributed by atoms with Gasteiger partial charge in [-0.05, 0) is 37.5 Å². The van der Waals surface area contributed by atoms with Crippen molar-refractivity contribution in [1.29, 1.82) is 0 Å². The first-order valence-corrected chi connectivity index (χ1v) is 8.58. The highest BCUT2D eigenvalue weighted by molar-refractivity contribution is 7.89. The van der Waals surface area contributed by atoms with Crippen molar-refractivity contribution in [1.82, 2.24) is 4.72 Å². The lowest BCUT2D eigenvalue weighted by Gasteiger charge is -2.18. The Kier molecular flexibility index (Phi) is 4.87. The molecule has 2 rings (SSSR count). The van der Waals surface area contributed by atoms with Gasteiger partial charge in [-0.1, -0.05) is 48.0 Å². The van der Waals surface area contributed by atoms with E-state index in [9.17, 15) is 18.3 Å². The van der Waals surface area contributed by atoms with Crippen LogP contribution >= 0.6 is 0 Å². The fourth-order valence-corrected chi connectivity index (χ4v) is 4.34. The van der Waals surface area contributed by atoms with Gasteiger partial charge in [-0.25, -0.2) is 8.42 Å². The second-order valence-corrected chi connectivity index (χ2v) is 7.18. The van der Waals surface area contributed by atoms with Crippen LogP contribution in [-0.4, -0.2) is 19.5 Å². The van der Waals surface area contributed by atoms with Crippen LogP contribution in [-0.2, 0) is 14.8 Å². The molecule has 6 heteroatoms. The average molecular weight is 333 g/mol. The largest absolute Gasteiger partial charge is 0.480 e. The Labute approximate surface area is 136 Å². The van der Waals surface area contributed by atoms with E-state index < -0.39 is 22.0 Å². The molecule has 0 aromatic heterocycles. The monoisotopic (exact) mass is 333 g/mol. The lowest BCUT2D eigenvalue weighted by molar-refractivity contribution is -0.139. The molecule has 23 heavy (non-hydrogen) atoms. The molecular weight excluding hydrogens is 314 g/mol. The number of benzene rings is 2. The van der Waals surface area contributed by atoms with Gasteiger partial charge in [-0.15, -0.1) is 0 Å². The van der Waals surface area contributed by atoms with E-state index in [2.05, 4.69) is 4.72 Å². The second-order valence-electron chi connectivity index (χ2n) is 5.53. The number of carboxylic acids is 1. The fraction of sp³-hybridized carbons (Fsp3) is 0.235. The van der Waals surface area contributed by atoms with Gasteiger partial charge in [0.25, 0.3) is 0 Å². The third kappa shape index (κ3) is 3.78. The Morgan fingerprint density at radius 3 is 2.04 bits per heavy atom. The third-order valence-electron chi connectivity index (χ3n) is 3.53. The molecule has 0 fully saturated rings. The van der Waals surface area contributed by atoms with Gasteiger partial charge in [0, 0.05) is 0 Å². The summed E-state index contributed by atoms with van der Waals surface area (Å²) in [5.41, 5.74) is 2.52. The number of hydrogen-bond acceptors (Lipinski definition) is 3. The summed E-state index contributed by atoms with van der Waals surface area (Å²) >= 11 is 0. The second kappa shape index (κ2) is 6.52. The van der Waals surface area contributed by atoms with E-state index in [0.717, 1.165) is 5.56 Å². The van der Waals surface area contributed by atoms with Gasteiger partial charge < -0.3 is 5.11 Å². The molecule has 2 aromatic rings. The van der Waals surface area contributed by atoms with Crippen molar-refractivity contribution >= 4 is 16.0 Å². The molecule has 0 saturated heterocycles. The van der Waals surface area contributed by atoms with Crippen molar-refractivity contribution in [3.8, 4) is 0 Å². The number of hydrogen-bond donors (Lipinski definition) is 2. The summed E-state index contributed by atoms with van der Waals surface area (Å²) in [7, 11) is -3.96. The van der Waals surface area contributed by atoms with Gasteiger partial charge in [-0.2, -0.15) is 4.72 Å². The van der Waals surface area contributed by atoms with Crippen LogP contribution in [0.2, 0.25) is 0 Å². The summed E-state index contributed by atoms with van der Waals surface area (Å²) in [6.45, 7) is 5.29. The maximum absolute atomic E-state index is 12.7. The number of carbonyl (C=O) groups is 1. The number of aliphatic carboxylic acids is 1. The molecule has 0 aliphatic heterocycles. The van der Waals surface area contributed by atoms with Gasteiger partial charge in [0.15, 0.2) is 0 Å². The maximum atomic E-state index is 12.7. The van der Waals surface area contributed by atoms with Crippen LogP contribution in [0.1, 0.15) is 28.3 Å². The predicted molar refractivity (Wildman–Crippen MR) is 87.8 cm³/mol. The highest BCUT2D eigenvalue weighted by Gasteiger charge is 2.28. The molecule has 0 unspecified atom stereocenters. The first kappa shape index (κ1) is 17.2. The molecule has 0 amide bonds. The molecule has 0 aliphatic carbocycles. The molecule has 0 bridgehead atoms. The molecule has 2 aromatic carbocycles. The zero-order valence-corrected chi connectivity index (χ0v) is 14.0. The quantitative estimate of drug-likeness (QED) is 0.881. The summed E-state index contributed by atoms with van der Waals surface area (Å²) in [6.07, 6.45) is 0. The van der Waals surface area contributed by atoms with Gasteiger partial charge in [0.05, 0.1) is 4.90 Å². The van der Waals surface area contributed by atoms with Crippen LogP contribution in [0, 0.1) is 20.8 Å². The summed E-state index contributed by atoms with van der Waals surface area (Å²) in [6, 6.07) is 10.4. The zero-order valence-electron chi connectivity index (χ0n) is 13.2. The average Bonchev–Trinajstić information content (AvgIpc) is 2.44. The summed E-state index contributed by atoms with van der Waals surface area (Å²) in [5, 5.41) is 9.39. The molecule has 0 saturated carbocycles. The van der Waals surface area contributed by atoms with Gasteiger partial charge in [-0.3, -0.25) is 4.79 Å². The van der Waals surface area contributed by atoms with Crippen LogP contribution in [0.15, 0.2) is 47.4 Å². The minimum absolute atomic E-state index is 0.130. The van der Waals surface area contributed by atoms with E-state index in [1.54, 1.807) is 56.3 Å². The molecule has 0 radical (unpaired) electrons. The highest BCUT2D eigenvalue weighted by Crippen LogP contribution is 2.24. The van der Waals surface area contributed by atoms with Crippen molar-refractivity contribution in [2.24, 2.45) is 0 Å². The summed E-state index contributed by atoms with van der Waals surface area (Å²) in [4.78, 5) is 11.6. The number of sulfonamides is 1. The van der Waals surface area contributed by atoms with Crippen LogP contribution in [0.4, 0.5) is 0 Å². The van der Waals surface area contributed by atoms with E-state index in [4.69, 9.17) is 0 Å². The summed E-state index contributed by atoms with van der Waals surface area (Å²) < 4.78 is 27.7.